The van der Waals surface area contributed by atoms with Crippen LogP contribution in [0.4, 0.5) is 11.4 Å². The molecule has 0 amide bonds. The first-order valence-corrected chi connectivity index (χ1v) is 5.63. The molecule has 0 bridgehead atoms. The highest BCUT2D eigenvalue weighted by molar-refractivity contribution is 6.31. The van der Waals surface area contributed by atoms with Crippen LogP contribution in [-0.4, -0.2) is 19.1 Å². The van der Waals surface area contributed by atoms with Crippen molar-refractivity contribution in [3.63, 3.8) is 0 Å². The third-order valence-corrected chi connectivity index (χ3v) is 2.61. The molecule has 0 unspecified atom stereocenters. The van der Waals surface area contributed by atoms with Gasteiger partial charge in [-0.15, -0.1) is 0 Å². The first-order chi connectivity index (χ1) is 8.16. The van der Waals surface area contributed by atoms with Crippen molar-refractivity contribution >= 4 is 23.0 Å². The lowest BCUT2D eigenvalue weighted by molar-refractivity contribution is 0.512. The van der Waals surface area contributed by atoms with E-state index >= 15 is 0 Å². The van der Waals surface area contributed by atoms with Crippen LogP contribution < -0.4 is 10.2 Å². The van der Waals surface area contributed by atoms with Gasteiger partial charge in [0.25, 0.3) is 0 Å². The zero-order chi connectivity index (χ0) is 12.3. The molecule has 90 valence electrons. The summed E-state index contributed by atoms with van der Waals surface area (Å²) < 4.78 is 5.17. The van der Waals surface area contributed by atoms with E-state index in [1.807, 2.05) is 37.2 Å². The van der Waals surface area contributed by atoms with Crippen molar-refractivity contribution in [1.82, 2.24) is 4.98 Å². The van der Waals surface area contributed by atoms with Gasteiger partial charge in [0.05, 0.1) is 24.1 Å². The highest BCUT2D eigenvalue weighted by Gasteiger charge is 2.06. The summed E-state index contributed by atoms with van der Waals surface area (Å²) >= 11 is 5.99. The zero-order valence-electron chi connectivity index (χ0n) is 9.77. The number of benzene rings is 1. The number of nitrogens with zero attached hydrogens (tertiary/aromatic N) is 2. The molecule has 0 atom stereocenters. The maximum Gasteiger partial charge on any atom is 0.180 e. The third-order valence-electron chi connectivity index (χ3n) is 2.38. The van der Waals surface area contributed by atoms with E-state index in [0.717, 1.165) is 17.1 Å². The number of oxazole rings is 1. The topological polar surface area (TPSA) is 41.3 Å². The lowest BCUT2D eigenvalue weighted by Gasteiger charge is -2.18. The van der Waals surface area contributed by atoms with Crippen LogP contribution >= 0.6 is 11.6 Å². The Hall–Kier alpha value is -1.68. The second-order valence-corrected chi connectivity index (χ2v) is 4.31. The van der Waals surface area contributed by atoms with Crippen molar-refractivity contribution in [3.8, 4) is 0 Å². The normalized spacial score (nSPS) is 10.3. The molecule has 0 radical (unpaired) electrons. The van der Waals surface area contributed by atoms with Crippen molar-refractivity contribution in [2.45, 2.75) is 6.54 Å². The third kappa shape index (κ3) is 2.91. The Kier molecular flexibility index (Phi) is 3.54. The largest absolute Gasteiger partial charge is 0.447 e. The van der Waals surface area contributed by atoms with E-state index in [2.05, 4.69) is 10.3 Å². The second-order valence-electron chi connectivity index (χ2n) is 3.88. The smallest absolute Gasteiger partial charge is 0.180 e. The maximum absolute atomic E-state index is 5.99. The lowest BCUT2D eigenvalue weighted by atomic mass is 10.2. The Bertz CT molecular complexity index is 483. The van der Waals surface area contributed by atoms with Crippen LogP contribution in [-0.2, 0) is 6.54 Å². The summed E-state index contributed by atoms with van der Waals surface area (Å²) in [6.07, 6.45) is 3.11. The summed E-state index contributed by atoms with van der Waals surface area (Å²) in [6, 6.07) is 5.74. The minimum atomic E-state index is 0.585. The van der Waals surface area contributed by atoms with Crippen LogP contribution in [0.1, 0.15) is 5.76 Å². The summed E-state index contributed by atoms with van der Waals surface area (Å²) in [5.74, 6) is 0.787. The van der Waals surface area contributed by atoms with Gasteiger partial charge in [-0.2, -0.15) is 0 Å². The quantitative estimate of drug-likeness (QED) is 0.907. The number of rotatable bonds is 4. The molecule has 17 heavy (non-hydrogen) atoms. The fraction of sp³-hybridized carbons (Fsp3) is 0.250. The highest BCUT2D eigenvalue weighted by Crippen LogP contribution is 2.28. The van der Waals surface area contributed by atoms with Crippen LogP contribution in [0.3, 0.4) is 0 Å². The molecule has 4 nitrogen and oxygen atoms in total. The van der Waals surface area contributed by atoms with Crippen LogP contribution in [0.25, 0.3) is 0 Å². The van der Waals surface area contributed by atoms with Crippen molar-refractivity contribution in [3.05, 3.63) is 41.6 Å². The molecule has 0 spiro atoms. The Morgan fingerprint density at radius 2 is 2.24 bits per heavy atom. The van der Waals surface area contributed by atoms with Gasteiger partial charge in [0.1, 0.15) is 5.76 Å². The maximum atomic E-state index is 5.99. The number of hydrogen-bond acceptors (Lipinski definition) is 4. The number of hydrogen-bond donors (Lipinski definition) is 1. The van der Waals surface area contributed by atoms with E-state index in [1.165, 1.54) is 6.39 Å². The van der Waals surface area contributed by atoms with Gasteiger partial charge in [0, 0.05) is 19.1 Å². The average Bonchev–Trinajstić information content (AvgIpc) is 2.78. The molecule has 0 saturated carbocycles. The predicted molar refractivity (Wildman–Crippen MR) is 69.6 cm³/mol. The van der Waals surface area contributed by atoms with Crippen LogP contribution in [0, 0.1) is 0 Å². The van der Waals surface area contributed by atoms with Gasteiger partial charge in [-0.05, 0) is 18.2 Å². The molecule has 0 fully saturated rings. The Morgan fingerprint density at radius 3 is 2.88 bits per heavy atom. The monoisotopic (exact) mass is 251 g/mol. The van der Waals surface area contributed by atoms with Crippen LogP contribution in [0.5, 0.6) is 0 Å². The summed E-state index contributed by atoms with van der Waals surface area (Å²) in [6.45, 7) is 0.585. The Labute approximate surface area is 105 Å². The molecule has 0 aliphatic rings. The number of nitrogens with one attached hydrogen (secondary N) is 1. The van der Waals surface area contributed by atoms with Gasteiger partial charge in [0.15, 0.2) is 6.39 Å². The predicted octanol–water partition coefficient (Wildman–Crippen LogP) is 3.01. The van der Waals surface area contributed by atoms with E-state index in [-0.39, 0.29) is 0 Å². The fourth-order valence-electron chi connectivity index (χ4n) is 1.55. The Balaban J connectivity index is 2.16. The average molecular weight is 252 g/mol. The summed E-state index contributed by atoms with van der Waals surface area (Å²) in [4.78, 5) is 5.89. The van der Waals surface area contributed by atoms with Gasteiger partial charge >= 0.3 is 0 Å². The first kappa shape index (κ1) is 11.8. The van der Waals surface area contributed by atoms with Crippen LogP contribution in [0.15, 0.2) is 35.2 Å². The lowest BCUT2D eigenvalue weighted by Crippen LogP contribution is -2.12. The standard InChI is InChI=1S/C12H14ClN3O/c1-16(2)12-4-3-9(13)5-11(12)15-7-10-6-14-8-17-10/h3-6,8,15H,7H2,1-2H3. The van der Waals surface area contributed by atoms with Crippen molar-refractivity contribution in [2.24, 2.45) is 0 Å². The highest BCUT2D eigenvalue weighted by atomic mass is 35.5. The molecule has 2 aromatic rings. The summed E-state index contributed by atoms with van der Waals surface area (Å²) in [5.41, 5.74) is 2.05. The van der Waals surface area contributed by atoms with E-state index in [1.54, 1.807) is 6.20 Å². The molecule has 0 aliphatic heterocycles. The van der Waals surface area contributed by atoms with Gasteiger partial charge in [0.2, 0.25) is 0 Å². The fourth-order valence-corrected chi connectivity index (χ4v) is 1.72. The molecule has 1 N–H and O–H groups in total. The van der Waals surface area contributed by atoms with Gasteiger partial charge in [-0.1, -0.05) is 11.6 Å². The van der Waals surface area contributed by atoms with Crippen LogP contribution in [0.2, 0.25) is 5.02 Å². The SMILES string of the molecule is CN(C)c1ccc(Cl)cc1NCc1cnco1. The van der Waals surface area contributed by atoms with Gasteiger partial charge < -0.3 is 14.6 Å². The van der Waals surface area contributed by atoms with Gasteiger partial charge in [-0.3, -0.25) is 0 Å². The molecular formula is C12H14ClN3O. The second kappa shape index (κ2) is 5.10. The van der Waals surface area contributed by atoms with E-state index in [0.29, 0.717) is 11.6 Å². The molecule has 1 aromatic carbocycles. The zero-order valence-corrected chi connectivity index (χ0v) is 10.5. The number of halogens is 1. The first-order valence-electron chi connectivity index (χ1n) is 5.25. The van der Waals surface area contributed by atoms with Gasteiger partial charge in [-0.25, -0.2) is 4.98 Å². The molecule has 1 heterocycles. The van der Waals surface area contributed by atoms with Crippen molar-refractivity contribution in [2.75, 3.05) is 24.3 Å². The summed E-state index contributed by atoms with van der Waals surface area (Å²) in [7, 11) is 3.98. The molecule has 1 aromatic heterocycles. The molecule has 0 saturated heterocycles. The number of anilines is 2. The molecular weight excluding hydrogens is 238 g/mol. The summed E-state index contributed by atoms with van der Waals surface area (Å²) in [5, 5.41) is 3.98. The van der Waals surface area contributed by atoms with E-state index in [9.17, 15) is 0 Å². The van der Waals surface area contributed by atoms with Crippen molar-refractivity contribution in [1.29, 1.82) is 0 Å². The molecule has 5 heteroatoms. The van der Waals surface area contributed by atoms with Crippen molar-refractivity contribution < 1.29 is 4.42 Å². The number of aromatic nitrogens is 1. The minimum Gasteiger partial charge on any atom is -0.447 e. The minimum absolute atomic E-state index is 0.585. The molecule has 2 rings (SSSR count). The molecule has 0 aliphatic carbocycles. The Morgan fingerprint density at radius 1 is 1.41 bits per heavy atom. The van der Waals surface area contributed by atoms with E-state index in [4.69, 9.17) is 16.0 Å². The van der Waals surface area contributed by atoms with E-state index < -0.39 is 0 Å².